The summed E-state index contributed by atoms with van der Waals surface area (Å²) in [6.45, 7) is 13.2. The zero-order valence-electron chi connectivity index (χ0n) is 12.7. The molecule has 0 amide bonds. The van der Waals surface area contributed by atoms with Gasteiger partial charge in [0.25, 0.3) is 0 Å². The van der Waals surface area contributed by atoms with E-state index in [1.165, 1.54) is 6.92 Å². The lowest BCUT2D eigenvalue weighted by Crippen LogP contribution is -2.53. The quantitative estimate of drug-likeness (QED) is 0.344. The summed E-state index contributed by atoms with van der Waals surface area (Å²) >= 11 is 0. The lowest BCUT2D eigenvalue weighted by atomic mass is 10.3. The standard InChI is InChI=1S/C15H20O7/c1-6-10-19-11(5)15(20-12(16)7-2,21-13(17)8-3)22-14(18)9-4/h7-9,11H,2-4,6,10H2,1,5H3. The Hall–Kier alpha value is -2.41. The third kappa shape index (κ3) is 5.92. The maximum absolute atomic E-state index is 11.5. The number of ether oxygens (including phenoxy) is 4. The SMILES string of the molecule is C=CC(=O)OC(OC(=O)C=C)(OC(=O)C=C)C(C)OCCC. The van der Waals surface area contributed by atoms with Crippen molar-refractivity contribution in [2.24, 2.45) is 0 Å². The van der Waals surface area contributed by atoms with E-state index in [9.17, 15) is 14.4 Å². The fourth-order valence-corrected chi connectivity index (χ4v) is 1.25. The number of rotatable bonds is 10. The molecule has 0 N–H and O–H groups in total. The highest BCUT2D eigenvalue weighted by molar-refractivity contribution is 5.85. The summed E-state index contributed by atoms with van der Waals surface area (Å²) in [6.07, 6.45) is 2.02. The first-order valence-corrected chi connectivity index (χ1v) is 6.53. The highest BCUT2D eigenvalue weighted by Gasteiger charge is 2.49. The smallest absolute Gasteiger partial charge is 0.383 e. The number of hydrogen-bond donors (Lipinski definition) is 0. The minimum absolute atomic E-state index is 0.256. The fraction of sp³-hybridized carbons (Fsp3) is 0.400. The highest BCUT2D eigenvalue weighted by atomic mass is 16.9. The van der Waals surface area contributed by atoms with Crippen LogP contribution in [0.3, 0.4) is 0 Å². The average Bonchev–Trinajstić information content (AvgIpc) is 2.51. The van der Waals surface area contributed by atoms with Crippen molar-refractivity contribution >= 4 is 17.9 Å². The molecule has 0 aliphatic heterocycles. The van der Waals surface area contributed by atoms with E-state index in [4.69, 9.17) is 18.9 Å². The summed E-state index contributed by atoms with van der Waals surface area (Å²) in [6, 6.07) is 0. The topological polar surface area (TPSA) is 88.1 Å². The van der Waals surface area contributed by atoms with Gasteiger partial charge < -0.3 is 18.9 Å². The molecule has 0 aliphatic carbocycles. The van der Waals surface area contributed by atoms with Gasteiger partial charge in [-0.05, 0) is 13.3 Å². The van der Waals surface area contributed by atoms with Gasteiger partial charge in [-0.15, -0.1) is 0 Å². The Bertz CT molecular complexity index is 398. The molecule has 0 aromatic carbocycles. The predicted molar refractivity (Wildman–Crippen MR) is 77.3 cm³/mol. The Morgan fingerprint density at radius 2 is 1.32 bits per heavy atom. The molecule has 0 heterocycles. The summed E-state index contributed by atoms with van der Waals surface area (Å²) in [7, 11) is 0. The van der Waals surface area contributed by atoms with Crippen LogP contribution < -0.4 is 0 Å². The Morgan fingerprint density at radius 3 is 1.59 bits per heavy atom. The lowest BCUT2D eigenvalue weighted by molar-refractivity contribution is -0.361. The van der Waals surface area contributed by atoms with Crippen LogP contribution in [0.15, 0.2) is 38.0 Å². The van der Waals surface area contributed by atoms with E-state index < -0.39 is 30.0 Å². The van der Waals surface area contributed by atoms with E-state index in [0.29, 0.717) is 6.42 Å². The first kappa shape index (κ1) is 19.6. The molecule has 0 saturated heterocycles. The van der Waals surface area contributed by atoms with Gasteiger partial charge in [0.15, 0.2) is 6.10 Å². The number of esters is 3. The molecule has 122 valence electrons. The van der Waals surface area contributed by atoms with Crippen LogP contribution in [-0.2, 0) is 33.3 Å². The molecule has 1 unspecified atom stereocenters. The summed E-state index contributed by atoms with van der Waals surface area (Å²) < 4.78 is 20.1. The molecule has 0 spiro atoms. The second kappa shape index (κ2) is 9.51. The van der Waals surface area contributed by atoms with Crippen molar-refractivity contribution < 1.29 is 33.3 Å². The van der Waals surface area contributed by atoms with Crippen molar-refractivity contribution in [2.45, 2.75) is 32.3 Å². The molecular weight excluding hydrogens is 292 g/mol. The van der Waals surface area contributed by atoms with E-state index in [1.54, 1.807) is 0 Å². The zero-order chi connectivity index (χ0) is 17.2. The van der Waals surface area contributed by atoms with Gasteiger partial charge in [0, 0.05) is 24.8 Å². The first-order chi connectivity index (χ1) is 10.3. The van der Waals surface area contributed by atoms with Gasteiger partial charge >= 0.3 is 23.9 Å². The first-order valence-electron chi connectivity index (χ1n) is 6.53. The van der Waals surface area contributed by atoms with Gasteiger partial charge in [0.05, 0.1) is 0 Å². The minimum Gasteiger partial charge on any atom is -0.383 e. The van der Waals surface area contributed by atoms with Gasteiger partial charge in [-0.3, -0.25) is 0 Å². The summed E-state index contributed by atoms with van der Waals surface area (Å²) in [5.74, 6) is -5.32. The molecule has 0 radical (unpaired) electrons. The van der Waals surface area contributed by atoms with E-state index in [0.717, 1.165) is 18.2 Å². The van der Waals surface area contributed by atoms with Crippen molar-refractivity contribution in [3.63, 3.8) is 0 Å². The normalized spacial score (nSPS) is 11.7. The number of carbonyl (C=O) groups excluding carboxylic acids is 3. The third-order valence-electron chi connectivity index (χ3n) is 2.30. The van der Waals surface area contributed by atoms with E-state index >= 15 is 0 Å². The maximum Gasteiger partial charge on any atom is 0.451 e. The van der Waals surface area contributed by atoms with Gasteiger partial charge in [0.2, 0.25) is 0 Å². The van der Waals surface area contributed by atoms with E-state index in [2.05, 4.69) is 19.7 Å². The third-order valence-corrected chi connectivity index (χ3v) is 2.30. The fourth-order valence-electron chi connectivity index (χ4n) is 1.25. The Labute approximate surface area is 129 Å². The second-order valence-electron chi connectivity index (χ2n) is 3.99. The number of hydrogen-bond acceptors (Lipinski definition) is 7. The molecule has 0 aromatic heterocycles. The van der Waals surface area contributed by atoms with Gasteiger partial charge in [-0.25, -0.2) is 14.4 Å². The summed E-state index contributed by atoms with van der Waals surface area (Å²) in [5, 5.41) is 0. The van der Waals surface area contributed by atoms with E-state index in [-0.39, 0.29) is 6.61 Å². The monoisotopic (exact) mass is 312 g/mol. The predicted octanol–water partition coefficient (Wildman–Crippen LogP) is 1.64. The molecule has 0 aliphatic rings. The molecule has 0 aromatic rings. The molecule has 22 heavy (non-hydrogen) atoms. The molecule has 7 heteroatoms. The van der Waals surface area contributed by atoms with Crippen molar-refractivity contribution in [3.8, 4) is 0 Å². The maximum atomic E-state index is 11.5. The average molecular weight is 312 g/mol. The Balaban J connectivity index is 5.63. The van der Waals surface area contributed by atoms with Crippen molar-refractivity contribution in [1.29, 1.82) is 0 Å². The van der Waals surface area contributed by atoms with Gasteiger partial charge in [0.1, 0.15) is 0 Å². The van der Waals surface area contributed by atoms with Crippen molar-refractivity contribution in [2.75, 3.05) is 6.61 Å². The van der Waals surface area contributed by atoms with Crippen LogP contribution in [0.1, 0.15) is 20.3 Å². The van der Waals surface area contributed by atoms with Gasteiger partial charge in [-0.2, -0.15) is 0 Å². The van der Waals surface area contributed by atoms with Crippen LogP contribution in [0.2, 0.25) is 0 Å². The minimum atomic E-state index is -2.41. The summed E-state index contributed by atoms with van der Waals surface area (Å²) in [5.41, 5.74) is 0. The van der Waals surface area contributed by atoms with E-state index in [1.807, 2.05) is 6.92 Å². The Kier molecular flexibility index (Phi) is 8.47. The van der Waals surface area contributed by atoms with Crippen LogP contribution in [-0.4, -0.2) is 36.6 Å². The molecule has 0 fully saturated rings. The zero-order valence-corrected chi connectivity index (χ0v) is 12.7. The van der Waals surface area contributed by atoms with Crippen molar-refractivity contribution in [3.05, 3.63) is 38.0 Å². The van der Waals surface area contributed by atoms with Crippen LogP contribution in [0.25, 0.3) is 0 Å². The van der Waals surface area contributed by atoms with Crippen LogP contribution in [0.4, 0.5) is 0 Å². The highest BCUT2D eigenvalue weighted by Crippen LogP contribution is 2.25. The number of carbonyl (C=O) groups is 3. The molecule has 0 bridgehead atoms. The largest absolute Gasteiger partial charge is 0.451 e. The van der Waals surface area contributed by atoms with Crippen LogP contribution in [0, 0.1) is 0 Å². The molecule has 7 nitrogen and oxygen atoms in total. The molecule has 0 saturated carbocycles. The second-order valence-corrected chi connectivity index (χ2v) is 3.99. The van der Waals surface area contributed by atoms with Gasteiger partial charge in [-0.1, -0.05) is 26.7 Å². The van der Waals surface area contributed by atoms with Crippen molar-refractivity contribution in [1.82, 2.24) is 0 Å². The van der Waals surface area contributed by atoms with Crippen LogP contribution in [0.5, 0.6) is 0 Å². The molecule has 0 rings (SSSR count). The molecular formula is C15H20O7. The van der Waals surface area contributed by atoms with Crippen LogP contribution >= 0.6 is 0 Å². The summed E-state index contributed by atoms with van der Waals surface area (Å²) in [4.78, 5) is 34.5. The Morgan fingerprint density at radius 1 is 0.955 bits per heavy atom. The lowest BCUT2D eigenvalue weighted by Gasteiger charge is -2.34. The molecule has 1 atom stereocenters.